The molecule has 0 radical (unpaired) electrons. The molecule has 108 valence electrons. The van der Waals surface area contributed by atoms with Crippen molar-refractivity contribution >= 4 is 56.4 Å². The Bertz CT molecular complexity index is 744. The van der Waals surface area contributed by atoms with Crippen LogP contribution in [0, 0.1) is 10.5 Å². The fraction of sp³-hybridized carbons (Fsp3) is 0.0667. The lowest BCUT2D eigenvalue weighted by molar-refractivity contribution is 0.0697. The van der Waals surface area contributed by atoms with Crippen LogP contribution in [0.15, 0.2) is 39.8 Å². The zero-order chi connectivity index (χ0) is 15.6. The van der Waals surface area contributed by atoms with Gasteiger partial charge >= 0.3 is 5.97 Å². The van der Waals surface area contributed by atoms with Crippen molar-refractivity contribution in [2.75, 3.05) is 0 Å². The van der Waals surface area contributed by atoms with Crippen molar-refractivity contribution in [3.8, 4) is 5.75 Å². The number of carboxylic acid groups (broad SMARTS) is 1. The number of halogens is 2. The Morgan fingerprint density at radius 3 is 2.67 bits per heavy atom. The number of phenolic OH excluding ortho intramolecular Hbond substituents is 1. The molecule has 0 amide bonds. The largest absolute Gasteiger partial charge is 0.506 e. The van der Waals surface area contributed by atoms with E-state index < -0.39 is 5.97 Å². The average Bonchev–Trinajstić information content (AvgIpc) is 2.42. The maximum Gasteiger partial charge on any atom is 0.335 e. The third-order valence-electron chi connectivity index (χ3n) is 2.84. The van der Waals surface area contributed by atoms with Gasteiger partial charge in [0, 0.05) is 16.3 Å². The van der Waals surface area contributed by atoms with Gasteiger partial charge in [0.2, 0.25) is 0 Å². The summed E-state index contributed by atoms with van der Waals surface area (Å²) in [6.45, 7) is 1.80. The number of rotatable bonds is 3. The minimum Gasteiger partial charge on any atom is -0.506 e. The molecule has 0 spiro atoms. The molecule has 21 heavy (non-hydrogen) atoms. The Hall–Kier alpha value is -1.41. The fourth-order valence-corrected chi connectivity index (χ4v) is 3.31. The molecule has 0 unspecified atom stereocenters. The number of aromatic hydroxyl groups is 1. The molecule has 0 heterocycles. The van der Waals surface area contributed by atoms with Gasteiger partial charge in [-0.1, -0.05) is 15.9 Å². The van der Waals surface area contributed by atoms with Crippen molar-refractivity contribution in [3.05, 3.63) is 55.1 Å². The van der Waals surface area contributed by atoms with Crippen LogP contribution in [0.2, 0.25) is 0 Å². The SMILES string of the molecule is Cc1cc(C(=O)O)ccc1N=Cc1cc(Br)cc(I)c1O. The number of nitrogens with zero attached hydrogens (tertiary/aromatic N) is 1. The van der Waals surface area contributed by atoms with E-state index in [0.29, 0.717) is 11.3 Å². The van der Waals surface area contributed by atoms with E-state index in [0.717, 1.165) is 13.6 Å². The van der Waals surface area contributed by atoms with Gasteiger partial charge in [-0.05, 0) is 65.4 Å². The Morgan fingerprint density at radius 1 is 1.33 bits per heavy atom. The third-order valence-corrected chi connectivity index (χ3v) is 4.12. The van der Waals surface area contributed by atoms with Crippen LogP contribution in [0.1, 0.15) is 21.5 Å². The van der Waals surface area contributed by atoms with Crippen molar-refractivity contribution in [1.82, 2.24) is 0 Å². The van der Waals surface area contributed by atoms with Crippen LogP contribution in [0.3, 0.4) is 0 Å². The number of hydrogen-bond donors (Lipinski definition) is 2. The summed E-state index contributed by atoms with van der Waals surface area (Å²) in [5.41, 5.74) is 2.24. The molecule has 0 fully saturated rings. The molecule has 2 rings (SSSR count). The van der Waals surface area contributed by atoms with Crippen molar-refractivity contribution in [3.63, 3.8) is 0 Å². The maximum atomic E-state index is 10.9. The quantitative estimate of drug-likeness (QED) is 0.523. The predicted octanol–water partition coefficient (Wildman–Crippen LogP) is 4.52. The normalized spacial score (nSPS) is 11.0. The standard InChI is InChI=1S/C15H11BrINO3/c1-8-4-9(15(20)21)2-3-13(8)18-7-10-5-11(16)6-12(17)14(10)19/h2-7,19H,1H3,(H,20,21). The summed E-state index contributed by atoms with van der Waals surface area (Å²) in [6.07, 6.45) is 1.56. The summed E-state index contributed by atoms with van der Waals surface area (Å²) in [6, 6.07) is 8.30. The molecular weight excluding hydrogens is 449 g/mol. The Labute approximate surface area is 143 Å². The summed E-state index contributed by atoms with van der Waals surface area (Å²) >= 11 is 5.41. The van der Waals surface area contributed by atoms with Crippen molar-refractivity contribution in [2.24, 2.45) is 4.99 Å². The van der Waals surface area contributed by atoms with Crippen LogP contribution in [0.4, 0.5) is 5.69 Å². The molecule has 0 atom stereocenters. The number of aromatic carboxylic acids is 1. The first-order valence-corrected chi connectivity index (χ1v) is 7.81. The molecule has 0 aliphatic carbocycles. The zero-order valence-corrected chi connectivity index (χ0v) is 14.7. The van der Waals surface area contributed by atoms with Gasteiger partial charge in [-0.25, -0.2) is 4.79 Å². The molecule has 2 aromatic rings. The molecule has 0 aromatic heterocycles. The van der Waals surface area contributed by atoms with Crippen molar-refractivity contribution in [1.29, 1.82) is 0 Å². The zero-order valence-electron chi connectivity index (χ0n) is 11.0. The number of carbonyl (C=O) groups is 1. The van der Waals surface area contributed by atoms with E-state index in [1.165, 1.54) is 6.07 Å². The number of aryl methyl sites for hydroxylation is 1. The minimum atomic E-state index is -0.965. The number of hydrogen-bond acceptors (Lipinski definition) is 3. The van der Waals surface area contributed by atoms with E-state index in [1.54, 1.807) is 37.4 Å². The van der Waals surface area contributed by atoms with Gasteiger partial charge in [-0.2, -0.15) is 0 Å². The molecule has 0 saturated carbocycles. The lowest BCUT2D eigenvalue weighted by atomic mass is 10.1. The summed E-state index contributed by atoms with van der Waals surface area (Å²) in [5.74, 6) is -0.796. The highest BCUT2D eigenvalue weighted by Gasteiger charge is 2.07. The van der Waals surface area contributed by atoms with E-state index >= 15 is 0 Å². The van der Waals surface area contributed by atoms with Gasteiger partial charge in [0.05, 0.1) is 14.8 Å². The topological polar surface area (TPSA) is 69.9 Å². The molecular formula is C15H11BrINO3. The second kappa shape index (κ2) is 6.57. The Balaban J connectivity index is 2.36. The predicted molar refractivity (Wildman–Crippen MR) is 93.9 cm³/mol. The smallest absolute Gasteiger partial charge is 0.335 e. The lowest BCUT2D eigenvalue weighted by Crippen LogP contribution is -1.96. The summed E-state index contributed by atoms with van der Waals surface area (Å²) < 4.78 is 1.57. The van der Waals surface area contributed by atoms with Crippen LogP contribution in [-0.4, -0.2) is 22.4 Å². The van der Waals surface area contributed by atoms with Gasteiger partial charge in [0.15, 0.2) is 0 Å². The van der Waals surface area contributed by atoms with E-state index in [4.69, 9.17) is 5.11 Å². The van der Waals surface area contributed by atoms with Gasteiger partial charge < -0.3 is 10.2 Å². The Kier molecular flexibility index (Phi) is 5.00. The lowest BCUT2D eigenvalue weighted by Gasteiger charge is -2.04. The molecule has 0 aliphatic heterocycles. The molecule has 6 heteroatoms. The van der Waals surface area contributed by atoms with Gasteiger partial charge in [-0.15, -0.1) is 0 Å². The third kappa shape index (κ3) is 3.82. The number of carboxylic acids is 1. The van der Waals surface area contributed by atoms with Gasteiger partial charge in [-0.3, -0.25) is 4.99 Å². The maximum absolute atomic E-state index is 10.9. The average molecular weight is 460 g/mol. The van der Waals surface area contributed by atoms with Crippen LogP contribution in [-0.2, 0) is 0 Å². The minimum absolute atomic E-state index is 0.169. The number of benzene rings is 2. The monoisotopic (exact) mass is 459 g/mol. The molecule has 2 aromatic carbocycles. The first-order valence-electron chi connectivity index (χ1n) is 5.94. The number of aliphatic imine (C=N–C) groups is 1. The first-order chi connectivity index (χ1) is 9.88. The molecule has 0 bridgehead atoms. The molecule has 2 N–H and O–H groups in total. The highest BCUT2D eigenvalue weighted by molar-refractivity contribution is 14.1. The summed E-state index contributed by atoms with van der Waals surface area (Å²) in [5, 5.41) is 18.9. The first kappa shape index (κ1) is 16.0. The highest BCUT2D eigenvalue weighted by atomic mass is 127. The van der Waals surface area contributed by atoms with Gasteiger partial charge in [0.1, 0.15) is 5.75 Å². The van der Waals surface area contributed by atoms with E-state index in [9.17, 15) is 9.90 Å². The van der Waals surface area contributed by atoms with Crippen molar-refractivity contribution in [2.45, 2.75) is 6.92 Å². The van der Waals surface area contributed by atoms with Crippen LogP contribution in [0.25, 0.3) is 0 Å². The van der Waals surface area contributed by atoms with E-state index in [1.807, 2.05) is 22.6 Å². The van der Waals surface area contributed by atoms with Gasteiger partial charge in [0.25, 0.3) is 0 Å². The Morgan fingerprint density at radius 2 is 2.05 bits per heavy atom. The van der Waals surface area contributed by atoms with Crippen LogP contribution >= 0.6 is 38.5 Å². The van der Waals surface area contributed by atoms with Crippen LogP contribution < -0.4 is 0 Å². The molecule has 0 aliphatic rings. The second-order valence-electron chi connectivity index (χ2n) is 4.39. The van der Waals surface area contributed by atoms with E-state index in [-0.39, 0.29) is 11.3 Å². The van der Waals surface area contributed by atoms with Crippen molar-refractivity contribution < 1.29 is 15.0 Å². The number of phenols is 1. The summed E-state index contributed by atoms with van der Waals surface area (Å²) in [7, 11) is 0. The fourth-order valence-electron chi connectivity index (χ4n) is 1.76. The van der Waals surface area contributed by atoms with E-state index in [2.05, 4.69) is 20.9 Å². The summed E-state index contributed by atoms with van der Waals surface area (Å²) in [4.78, 5) is 15.2. The van der Waals surface area contributed by atoms with Crippen LogP contribution in [0.5, 0.6) is 5.75 Å². The second-order valence-corrected chi connectivity index (χ2v) is 6.47. The molecule has 0 saturated heterocycles. The highest BCUT2D eigenvalue weighted by Crippen LogP contribution is 2.28. The molecule has 4 nitrogen and oxygen atoms in total.